The second kappa shape index (κ2) is 4.32. The average Bonchev–Trinajstić information content (AvgIpc) is 2.48. The molecule has 1 aromatic rings. The van der Waals surface area contributed by atoms with E-state index in [4.69, 9.17) is 14.4 Å². The van der Waals surface area contributed by atoms with Gasteiger partial charge in [-0.15, -0.1) is 0 Å². The van der Waals surface area contributed by atoms with Gasteiger partial charge in [0.2, 0.25) is 0 Å². The van der Waals surface area contributed by atoms with Crippen molar-refractivity contribution in [2.75, 3.05) is 0 Å². The van der Waals surface area contributed by atoms with Gasteiger partial charge in [-0.3, -0.25) is 5.14 Å². The van der Waals surface area contributed by atoms with E-state index in [9.17, 15) is 0 Å². The summed E-state index contributed by atoms with van der Waals surface area (Å²) in [6.45, 7) is 8.21. The molecule has 1 saturated heterocycles. The van der Waals surface area contributed by atoms with Gasteiger partial charge in [-0.1, -0.05) is 12.1 Å². The maximum absolute atomic E-state index is 5.96. The topological polar surface area (TPSA) is 44.5 Å². The summed E-state index contributed by atoms with van der Waals surface area (Å²) in [6, 6.07) is 7.95. The Hall–Kier alpha value is -0.485. The molecule has 1 aliphatic heterocycles. The SMILES string of the molecule is CC1(C)OB(c2ccc(SN)cc2)OC1(C)C. The molecule has 2 N–H and O–H groups in total. The van der Waals surface area contributed by atoms with E-state index in [0.717, 1.165) is 10.4 Å². The molecule has 1 fully saturated rings. The quantitative estimate of drug-likeness (QED) is 0.644. The Kier molecular flexibility index (Phi) is 3.29. The van der Waals surface area contributed by atoms with Crippen molar-refractivity contribution in [3.8, 4) is 0 Å². The Balaban J connectivity index is 2.20. The largest absolute Gasteiger partial charge is 0.494 e. The standard InChI is InChI=1S/C12H18BNO2S/c1-11(2)12(3,4)16-13(15-11)9-5-7-10(17-14)8-6-9/h5-8H,14H2,1-4H3. The van der Waals surface area contributed by atoms with E-state index in [0.29, 0.717) is 0 Å². The van der Waals surface area contributed by atoms with Crippen LogP contribution in [0.25, 0.3) is 0 Å². The van der Waals surface area contributed by atoms with Crippen LogP contribution in [0.2, 0.25) is 0 Å². The Morgan fingerprint density at radius 3 is 1.88 bits per heavy atom. The van der Waals surface area contributed by atoms with Crippen LogP contribution in [0, 0.1) is 0 Å². The van der Waals surface area contributed by atoms with Crippen molar-refractivity contribution >= 4 is 24.5 Å². The van der Waals surface area contributed by atoms with Crippen molar-refractivity contribution in [3.05, 3.63) is 24.3 Å². The molecular formula is C12H18BNO2S. The fraction of sp³-hybridized carbons (Fsp3) is 0.500. The average molecular weight is 251 g/mol. The summed E-state index contributed by atoms with van der Waals surface area (Å²) in [7, 11) is -0.295. The molecule has 0 spiro atoms. The molecule has 3 nitrogen and oxygen atoms in total. The minimum Gasteiger partial charge on any atom is -0.399 e. The molecule has 0 aliphatic carbocycles. The van der Waals surface area contributed by atoms with Crippen molar-refractivity contribution in [2.24, 2.45) is 5.14 Å². The highest BCUT2D eigenvalue weighted by Crippen LogP contribution is 2.36. The van der Waals surface area contributed by atoms with E-state index in [1.165, 1.54) is 11.9 Å². The van der Waals surface area contributed by atoms with Crippen LogP contribution < -0.4 is 10.6 Å². The molecule has 0 atom stereocenters. The zero-order chi connectivity index (χ0) is 12.7. The number of rotatable bonds is 2. The van der Waals surface area contributed by atoms with Crippen molar-refractivity contribution in [2.45, 2.75) is 43.8 Å². The lowest BCUT2D eigenvalue weighted by atomic mass is 9.79. The summed E-state index contributed by atoms with van der Waals surface area (Å²) >= 11 is 1.24. The number of hydrogen-bond donors (Lipinski definition) is 1. The van der Waals surface area contributed by atoms with E-state index in [2.05, 4.69) is 27.7 Å². The number of benzene rings is 1. The van der Waals surface area contributed by atoms with Crippen LogP contribution in [0.5, 0.6) is 0 Å². The Morgan fingerprint density at radius 2 is 1.47 bits per heavy atom. The smallest absolute Gasteiger partial charge is 0.399 e. The molecule has 0 saturated carbocycles. The molecule has 92 valence electrons. The molecule has 1 aromatic carbocycles. The van der Waals surface area contributed by atoms with E-state index in [1.54, 1.807) is 0 Å². The Morgan fingerprint density at radius 1 is 1.00 bits per heavy atom. The molecule has 2 rings (SSSR count). The summed E-state index contributed by atoms with van der Waals surface area (Å²) < 4.78 is 11.9. The predicted molar refractivity (Wildman–Crippen MR) is 72.2 cm³/mol. The van der Waals surface area contributed by atoms with Crippen molar-refractivity contribution in [1.82, 2.24) is 0 Å². The van der Waals surface area contributed by atoms with Gasteiger partial charge in [0, 0.05) is 4.90 Å². The van der Waals surface area contributed by atoms with Gasteiger partial charge in [0.25, 0.3) is 0 Å². The van der Waals surface area contributed by atoms with E-state index in [1.807, 2.05) is 24.3 Å². The molecule has 1 heterocycles. The third-order valence-corrected chi connectivity index (χ3v) is 4.09. The molecule has 0 unspecified atom stereocenters. The Labute approximate surface area is 107 Å². The summed E-state index contributed by atoms with van der Waals surface area (Å²) in [5.41, 5.74) is 0.444. The van der Waals surface area contributed by atoms with Gasteiger partial charge in [-0.25, -0.2) is 0 Å². The van der Waals surface area contributed by atoms with Gasteiger partial charge in [-0.2, -0.15) is 0 Å². The normalized spacial score (nSPS) is 21.8. The monoisotopic (exact) mass is 251 g/mol. The van der Waals surface area contributed by atoms with E-state index in [-0.39, 0.29) is 18.3 Å². The fourth-order valence-corrected chi connectivity index (χ4v) is 1.98. The van der Waals surface area contributed by atoms with Gasteiger partial charge >= 0.3 is 7.12 Å². The minimum atomic E-state index is -0.295. The van der Waals surface area contributed by atoms with Crippen molar-refractivity contribution in [3.63, 3.8) is 0 Å². The maximum atomic E-state index is 5.96. The summed E-state index contributed by atoms with van der Waals surface area (Å²) in [6.07, 6.45) is 0. The predicted octanol–water partition coefficient (Wildman–Crippen LogP) is 1.95. The second-order valence-electron chi connectivity index (χ2n) is 5.28. The van der Waals surface area contributed by atoms with Crippen LogP contribution in [-0.4, -0.2) is 18.3 Å². The van der Waals surface area contributed by atoms with Gasteiger partial charge in [0.1, 0.15) is 0 Å². The highest BCUT2D eigenvalue weighted by atomic mass is 32.2. The molecule has 5 heteroatoms. The van der Waals surface area contributed by atoms with Gasteiger partial charge in [0.15, 0.2) is 0 Å². The lowest BCUT2D eigenvalue weighted by Crippen LogP contribution is -2.41. The molecule has 1 aliphatic rings. The number of hydrogen-bond acceptors (Lipinski definition) is 4. The first kappa shape index (κ1) is 13.0. The van der Waals surface area contributed by atoms with Gasteiger partial charge in [0.05, 0.1) is 11.2 Å². The molecule has 17 heavy (non-hydrogen) atoms. The molecule has 0 amide bonds. The zero-order valence-electron chi connectivity index (χ0n) is 10.7. The molecule has 0 bridgehead atoms. The molecule has 0 radical (unpaired) electrons. The van der Waals surface area contributed by atoms with Crippen LogP contribution in [0.1, 0.15) is 27.7 Å². The van der Waals surface area contributed by atoms with Gasteiger partial charge in [-0.05, 0) is 57.2 Å². The second-order valence-corrected chi connectivity index (χ2v) is 5.98. The molecule has 0 aromatic heterocycles. The first-order valence-corrected chi connectivity index (χ1v) is 6.56. The lowest BCUT2D eigenvalue weighted by molar-refractivity contribution is 0.00578. The summed E-state index contributed by atoms with van der Waals surface area (Å²) in [5, 5.41) is 5.49. The summed E-state index contributed by atoms with van der Waals surface area (Å²) in [4.78, 5) is 1.03. The zero-order valence-corrected chi connectivity index (χ0v) is 11.5. The van der Waals surface area contributed by atoms with Crippen LogP contribution in [0.3, 0.4) is 0 Å². The fourth-order valence-electron chi connectivity index (χ4n) is 1.68. The third kappa shape index (κ3) is 2.38. The van der Waals surface area contributed by atoms with E-state index < -0.39 is 0 Å². The summed E-state index contributed by atoms with van der Waals surface area (Å²) in [5.74, 6) is 0. The van der Waals surface area contributed by atoms with Gasteiger partial charge < -0.3 is 9.31 Å². The third-order valence-electron chi connectivity index (χ3n) is 3.54. The Bertz CT molecular complexity index is 389. The minimum absolute atomic E-state index is 0.293. The lowest BCUT2D eigenvalue weighted by Gasteiger charge is -2.32. The highest BCUT2D eigenvalue weighted by Gasteiger charge is 2.51. The first-order chi connectivity index (χ1) is 7.86. The van der Waals surface area contributed by atoms with Crippen LogP contribution in [0.15, 0.2) is 29.2 Å². The van der Waals surface area contributed by atoms with Crippen LogP contribution in [-0.2, 0) is 9.31 Å². The van der Waals surface area contributed by atoms with Crippen molar-refractivity contribution in [1.29, 1.82) is 0 Å². The maximum Gasteiger partial charge on any atom is 0.494 e. The van der Waals surface area contributed by atoms with Crippen LogP contribution in [0.4, 0.5) is 0 Å². The highest BCUT2D eigenvalue weighted by molar-refractivity contribution is 7.97. The first-order valence-electron chi connectivity index (χ1n) is 5.68. The molecular weight excluding hydrogens is 233 g/mol. The van der Waals surface area contributed by atoms with E-state index >= 15 is 0 Å². The number of nitrogens with two attached hydrogens (primary N) is 1. The van der Waals surface area contributed by atoms with Crippen molar-refractivity contribution < 1.29 is 9.31 Å². The van der Waals surface area contributed by atoms with Crippen LogP contribution >= 0.6 is 11.9 Å².